The van der Waals surface area contributed by atoms with Crippen molar-refractivity contribution in [2.75, 3.05) is 0 Å². The summed E-state index contributed by atoms with van der Waals surface area (Å²) in [6.45, 7) is 0. The van der Waals surface area contributed by atoms with Gasteiger partial charge in [0.25, 0.3) is 0 Å². The summed E-state index contributed by atoms with van der Waals surface area (Å²) in [5.74, 6) is 0. The molecular formula is C47H33N3Si. The summed E-state index contributed by atoms with van der Waals surface area (Å²) < 4.78 is 4.78. The van der Waals surface area contributed by atoms with Crippen molar-refractivity contribution in [3.8, 4) is 11.4 Å². The van der Waals surface area contributed by atoms with Crippen molar-refractivity contribution in [1.82, 2.24) is 14.1 Å². The zero-order valence-electron chi connectivity index (χ0n) is 27.9. The number of nitrogens with zero attached hydrogens (tertiary/aromatic N) is 3. The lowest BCUT2D eigenvalue weighted by Crippen LogP contribution is -2.74. The lowest BCUT2D eigenvalue weighted by atomic mass is 10.2. The second kappa shape index (κ2) is 11.8. The Labute approximate surface area is 297 Å². The summed E-state index contributed by atoms with van der Waals surface area (Å²) in [4.78, 5) is 4.56. The Bertz CT molecular complexity index is 2740. The normalized spacial score (nSPS) is 11.9. The number of hydrogen-bond donors (Lipinski definition) is 0. The van der Waals surface area contributed by atoms with E-state index < -0.39 is 8.07 Å². The number of para-hydroxylation sites is 3. The second-order valence-electron chi connectivity index (χ2n) is 13.2. The van der Waals surface area contributed by atoms with Crippen molar-refractivity contribution in [3.05, 3.63) is 200 Å². The topological polar surface area (TPSA) is 22.8 Å². The van der Waals surface area contributed by atoms with Crippen LogP contribution in [0, 0.1) is 0 Å². The smallest absolute Gasteiger partial charge is 0.179 e. The molecule has 0 spiro atoms. The number of fused-ring (bicyclic) bond motifs is 6. The third-order valence-electron chi connectivity index (χ3n) is 10.6. The van der Waals surface area contributed by atoms with Crippen molar-refractivity contribution >= 4 is 72.4 Å². The first kappa shape index (κ1) is 29.4. The van der Waals surface area contributed by atoms with Crippen molar-refractivity contribution in [2.45, 2.75) is 0 Å². The van der Waals surface area contributed by atoms with Crippen LogP contribution in [0.2, 0.25) is 0 Å². The first-order valence-corrected chi connectivity index (χ1v) is 19.5. The van der Waals surface area contributed by atoms with Gasteiger partial charge >= 0.3 is 0 Å². The van der Waals surface area contributed by atoms with E-state index in [2.05, 4.69) is 202 Å². The third-order valence-corrected chi connectivity index (χ3v) is 15.3. The second-order valence-corrected chi connectivity index (χ2v) is 17.0. The van der Waals surface area contributed by atoms with Crippen molar-refractivity contribution in [3.63, 3.8) is 0 Å². The molecule has 51 heavy (non-hydrogen) atoms. The molecule has 0 saturated carbocycles. The molecule has 3 nitrogen and oxygen atoms in total. The molecule has 0 aliphatic carbocycles. The van der Waals surface area contributed by atoms with Crippen LogP contribution in [-0.4, -0.2) is 22.2 Å². The molecule has 0 aliphatic rings. The van der Waals surface area contributed by atoms with Crippen LogP contribution in [0.1, 0.15) is 0 Å². The number of hydrogen-bond acceptors (Lipinski definition) is 1. The predicted octanol–water partition coefficient (Wildman–Crippen LogP) is 8.65. The van der Waals surface area contributed by atoms with E-state index in [0.717, 1.165) is 16.9 Å². The van der Waals surface area contributed by atoms with Gasteiger partial charge in [-0.05, 0) is 69.3 Å². The average molecular weight is 668 g/mol. The van der Waals surface area contributed by atoms with Gasteiger partial charge in [-0.1, -0.05) is 140 Å². The van der Waals surface area contributed by atoms with Gasteiger partial charge in [0.1, 0.15) is 0 Å². The van der Waals surface area contributed by atoms with Gasteiger partial charge in [-0.25, -0.2) is 0 Å². The summed E-state index contributed by atoms with van der Waals surface area (Å²) in [7, 11) is -2.84. The zero-order valence-corrected chi connectivity index (χ0v) is 28.9. The Morgan fingerprint density at radius 1 is 0.333 bits per heavy atom. The van der Waals surface area contributed by atoms with E-state index in [0.29, 0.717) is 0 Å². The summed E-state index contributed by atoms with van der Waals surface area (Å²) >= 11 is 0. The molecule has 0 radical (unpaired) electrons. The summed E-state index contributed by atoms with van der Waals surface area (Å²) in [5, 5.41) is 10.4. The molecule has 0 N–H and O–H groups in total. The summed E-state index contributed by atoms with van der Waals surface area (Å²) in [5.41, 5.74) is 7.02. The lowest BCUT2D eigenvalue weighted by Gasteiger charge is -2.34. The van der Waals surface area contributed by atoms with Crippen LogP contribution in [0.4, 0.5) is 0 Å². The molecule has 0 atom stereocenters. The maximum Gasteiger partial charge on any atom is 0.179 e. The molecule has 3 heterocycles. The first-order valence-electron chi connectivity index (χ1n) is 17.5. The fourth-order valence-corrected chi connectivity index (χ4v) is 13.1. The lowest BCUT2D eigenvalue weighted by molar-refractivity contribution is 1.17. The summed E-state index contributed by atoms with van der Waals surface area (Å²) in [6, 6.07) is 69.3. The van der Waals surface area contributed by atoms with Crippen molar-refractivity contribution in [1.29, 1.82) is 0 Å². The van der Waals surface area contributed by atoms with Gasteiger partial charge in [0, 0.05) is 39.1 Å². The Hall–Kier alpha value is -6.49. The minimum absolute atomic E-state index is 1.11. The molecule has 0 saturated heterocycles. The van der Waals surface area contributed by atoms with Crippen LogP contribution < -0.4 is 20.7 Å². The molecule has 0 fully saturated rings. The van der Waals surface area contributed by atoms with Crippen LogP contribution in [0.25, 0.3) is 55.0 Å². The monoisotopic (exact) mass is 667 g/mol. The van der Waals surface area contributed by atoms with Crippen LogP contribution in [0.3, 0.4) is 0 Å². The Morgan fingerprint density at radius 3 is 1.41 bits per heavy atom. The molecule has 0 bridgehead atoms. The van der Waals surface area contributed by atoms with Gasteiger partial charge in [0.15, 0.2) is 8.07 Å². The van der Waals surface area contributed by atoms with E-state index in [1.807, 2.05) is 12.4 Å². The fourth-order valence-electron chi connectivity index (χ4n) is 8.39. The molecule has 4 heteroatoms. The largest absolute Gasteiger partial charge is 0.309 e. The minimum atomic E-state index is -2.84. The van der Waals surface area contributed by atoms with Gasteiger partial charge < -0.3 is 9.13 Å². The van der Waals surface area contributed by atoms with E-state index in [4.69, 9.17) is 0 Å². The fraction of sp³-hybridized carbons (Fsp3) is 0. The minimum Gasteiger partial charge on any atom is -0.309 e. The molecule has 240 valence electrons. The number of benzene rings is 7. The highest BCUT2D eigenvalue weighted by atomic mass is 28.3. The van der Waals surface area contributed by atoms with Gasteiger partial charge in [-0.3, -0.25) is 4.98 Å². The Balaban J connectivity index is 1.26. The SMILES string of the molecule is c1ccc(-n2c3cnccc3c3ccc([Si](c4ccccc4)(c4ccccc4)c4ccc(-n5c6ccccc6c6ccccc65)cc4)cc32)cc1. The number of rotatable bonds is 6. The highest BCUT2D eigenvalue weighted by Gasteiger charge is 2.41. The standard InChI is InChI=1S/C47H33N3Si/c1-4-14-34(15-5-1)50-46-32-39(28-29-42(46)43-30-31-48-33-47(43)50)51(36-16-6-2-7-17-36,37-18-8-3-9-19-37)38-26-24-35(25-27-38)49-44-22-12-10-20-40(44)41-21-11-13-23-45(41)49/h1-33H. The van der Waals surface area contributed by atoms with Gasteiger partial charge in [-0.15, -0.1) is 0 Å². The van der Waals surface area contributed by atoms with Gasteiger partial charge in [0.2, 0.25) is 0 Å². The van der Waals surface area contributed by atoms with E-state index in [1.54, 1.807) is 0 Å². The average Bonchev–Trinajstić information content (AvgIpc) is 3.72. The maximum absolute atomic E-state index is 4.56. The van der Waals surface area contributed by atoms with E-state index in [1.165, 1.54) is 58.8 Å². The van der Waals surface area contributed by atoms with Crippen LogP contribution >= 0.6 is 0 Å². The first-order chi connectivity index (χ1) is 25.3. The molecule has 0 unspecified atom stereocenters. The third kappa shape index (κ3) is 4.47. The molecular weight excluding hydrogens is 635 g/mol. The number of aromatic nitrogens is 3. The van der Waals surface area contributed by atoms with E-state index in [9.17, 15) is 0 Å². The molecule has 0 amide bonds. The molecule has 0 aliphatic heterocycles. The Kier molecular flexibility index (Phi) is 6.83. The van der Waals surface area contributed by atoms with Crippen LogP contribution in [0.15, 0.2) is 200 Å². The predicted molar refractivity (Wildman–Crippen MR) is 217 cm³/mol. The highest BCUT2D eigenvalue weighted by molar-refractivity contribution is 7.20. The van der Waals surface area contributed by atoms with Crippen molar-refractivity contribution < 1.29 is 0 Å². The van der Waals surface area contributed by atoms with Crippen molar-refractivity contribution in [2.24, 2.45) is 0 Å². The van der Waals surface area contributed by atoms with E-state index >= 15 is 0 Å². The van der Waals surface area contributed by atoms with E-state index in [-0.39, 0.29) is 0 Å². The molecule has 3 aromatic heterocycles. The molecule has 10 rings (SSSR count). The Morgan fingerprint density at radius 2 is 0.784 bits per heavy atom. The molecule has 7 aromatic carbocycles. The zero-order chi connectivity index (χ0) is 33.8. The molecule has 10 aromatic rings. The van der Waals surface area contributed by atoms with Crippen LogP contribution in [0.5, 0.6) is 0 Å². The number of pyridine rings is 1. The quantitative estimate of drug-likeness (QED) is 0.129. The van der Waals surface area contributed by atoms with Gasteiger partial charge in [-0.2, -0.15) is 0 Å². The summed E-state index contributed by atoms with van der Waals surface area (Å²) in [6.07, 6.45) is 3.89. The highest BCUT2D eigenvalue weighted by Crippen LogP contribution is 2.33. The van der Waals surface area contributed by atoms with Crippen LogP contribution in [-0.2, 0) is 0 Å². The van der Waals surface area contributed by atoms with Gasteiger partial charge in [0.05, 0.1) is 28.3 Å². The maximum atomic E-state index is 4.56.